The zero-order chi connectivity index (χ0) is 30.0. The fourth-order valence-corrected chi connectivity index (χ4v) is 4.73. The predicted octanol–water partition coefficient (Wildman–Crippen LogP) is -0.726. The Labute approximate surface area is 288 Å². The van der Waals surface area contributed by atoms with Crippen LogP contribution in [0.1, 0.15) is 50.7 Å². The number of methoxy groups -OCH3 is 1. The molecule has 1 saturated heterocycles. The van der Waals surface area contributed by atoms with E-state index in [2.05, 4.69) is 15.6 Å². The Morgan fingerprint density at radius 3 is 2.58 bits per heavy atom. The number of alkyl halides is 2. The molecule has 5 rings (SSSR count). The second kappa shape index (κ2) is 13.7. The molecule has 3 aromatic rings. The zero-order valence-corrected chi connectivity index (χ0v) is 26.8. The van der Waals surface area contributed by atoms with Gasteiger partial charge in [0.2, 0.25) is 0 Å². The molecule has 1 aliphatic carbocycles. The van der Waals surface area contributed by atoms with Crippen LogP contribution in [0.15, 0.2) is 47.4 Å². The maximum absolute atomic E-state index is 13.5. The number of aromatic nitrogens is 2. The van der Waals surface area contributed by atoms with Crippen LogP contribution in [-0.2, 0) is 11.3 Å². The Hall–Kier alpha value is -3.03. The van der Waals surface area contributed by atoms with Gasteiger partial charge in [-0.25, -0.2) is 13.8 Å². The van der Waals surface area contributed by atoms with Crippen molar-refractivity contribution in [3.05, 3.63) is 75.2 Å². The van der Waals surface area contributed by atoms with E-state index in [1.807, 2.05) is 6.07 Å². The minimum absolute atomic E-state index is 0. The van der Waals surface area contributed by atoms with Crippen LogP contribution in [0, 0.1) is 11.3 Å². The molecule has 43 heavy (non-hydrogen) atoms. The topological polar surface area (TPSA) is 152 Å². The van der Waals surface area contributed by atoms with Gasteiger partial charge in [-0.2, -0.15) is 5.26 Å². The molecule has 2 fully saturated rings. The van der Waals surface area contributed by atoms with E-state index < -0.39 is 42.3 Å². The van der Waals surface area contributed by atoms with E-state index in [4.69, 9.17) is 4.74 Å². The third-order valence-corrected chi connectivity index (χ3v) is 6.96. The number of nitrogens with zero attached hydrogens (tertiary/aromatic N) is 4. The van der Waals surface area contributed by atoms with E-state index in [-0.39, 0.29) is 91.1 Å². The number of anilines is 1. The van der Waals surface area contributed by atoms with Crippen molar-refractivity contribution in [1.29, 1.82) is 5.26 Å². The van der Waals surface area contributed by atoms with E-state index in [0.29, 0.717) is 25.3 Å². The van der Waals surface area contributed by atoms with Crippen LogP contribution in [0.3, 0.4) is 0 Å². The van der Waals surface area contributed by atoms with Gasteiger partial charge in [-0.05, 0) is 65.7 Å². The summed E-state index contributed by atoms with van der Waals surface area (Å²) in [7, 11) is 1.58. The van der Waals surface area contributed by atoms with Crippen LogP contribution in [0.4, 0.5) is 14.6 Å². The summed E-state index contributed by atoms with van der Waals surface area (Å²) >= 11 is 0. The monoisotopic (exact) mass is 616 g/mol. The summed E-state index contributed by atoms with van der Waals surface area (Å²) in [6.07, 6.45) is 3.37. The fraction of sp³-hybridized carbons (Fsp3) is 0.345. The third kappa shape index (κ3) is 7.74. The van der Waals surface area contributed by atoms with Gasteiger partial charge in [0.1, 0.15) is 11.4 Å². The molecule has 3 heterocycles. The van der Waals surface area contributed by atoms with Gasteiger partial charge in [0.15, 0.2) is 0 Å². The summed E-state index contributed by atoms with van der Waals surface area (Å²) in [4.78, 5) is 44.3. The molecular weight excluding hydrogens is 589 g/mol. The summed E-state index contributed by atoms with van der Waals surface area (Å²) in [5.41, 5.74) is 0.574. The number of halogens is 2. The van der Waals surface area contributed by atoms with E-state index in [0.717, 1.165) is 23.8 Å². The number of amides is 2. The molecule has 1 saturated carbocycles. The summed E-state index contributed by atoms with van der Waals surface area (Å²) in [5.74, 6) is -5.39. The van der Waals surface area contributed by atoms with Gasteiger partial charge < -0.3 is 29.9 Å². The first-order valence-corrected chi connectivity index (χ1v) is 13.3. The van der Waals surface area contributed by atoms with Gasteiger partial charge in [0, 0.05) is 38.0 Å². The second-order valence-electron chi connectivity index (χ2n) is 10.3. The number of likely N-dealkylation sites (tertiary alicyclic amines) is 1. The largest absolute Gasteiger partial charge is 1.00 e. The third-order valence-electron chi connectivity index (χ3n) is 6.96. The smallest absolute Gasteiger partial charge is 0.859 e. The molecule has 1 aliphatic heterocycles. The number of rotatable bonds is 10. The molecule has 218 valence electrons. The van der Waals surface area contributed by atoms with E-state index in [1.54, 1.807) is 17.9 Å². The summed E-state index contributed by atoms with van der Waals surface area (Å²) < 4.78 is 33.5. The maximum atomic E-state index is 13.5. The normalized spacial score (nSPS) is 15.2. The molecule has 0 atom stereocenters. The average Bonchev–Trinajstić information content (AvgIpc) is 3.79. The minimum atomic E-state index is -2.99. The number of ether oxygens (including phenoxy) is 1. The SMILES string of the molecule is COCCNCc1cc(C(=O)Nc2cc(-c3ccc(C#N)cc3C(=O)N3CC(F)(F)C3)cc([O-])n2)c(=O)n(C2CC2)c1.[K+]. The van der Waals surface area contributed by atoms with Gasteiger partial charge in [0.25, 0.3) is 23.3 Å². The van der Waals surface area contributed by atoms with Crippen LogP contribution in [-0.4, -0.2) is 65.5 Å². The molecule has 0 spiro atoms. The van der Waals surface area contributed by atoms with Crippen molar-refractivity contribution in [2.45, 2.75) is 31.4 Å². The standard InChI is InChI=1S/C29H28F2N6O5.K/c1-42-7-6-33-13-18-9-23(28(41)37(14-18)20-3-4-20)26(39)35-24-10-19(11-25(38)34-24)21-5-2-17(12-32)8-22(21)27(40)36-15-29(30,31)16-36;/h2,5,8-11,14,20,33H,3-4,6-7,13,15-16H2,1H3,(H2,34,35,38,39);/q;+1/p-1. The van der Waals surface area contributed by atoms with Crippen LogP contribution < -0.4 is 72.7 Å². The molecule has 2 N–H and O–H groups in total. The van der Waals surface area contributed by atoms with Crippen molar-refractivity contribution >= 4 is 17.6 Å². The first-order valence-electron chi connectivity index (χ1n) is 13.3. The first-order chi connectivity index (χ1) is 20.1. The molecule has 0 bridgehead atoms. The van der Waals surface area contributed by atoms with Crippen molar-refractivity contribution in [3.8, 4) is 23.1 Å². The molecule has 11 nitrogen and oxygen atoms in total. The fourth-order valence-electron chi connectivity index (χ4n) is 4.73. The Morgan fingerprint density at radius 2 is 1.93 bits per heavy atom. The first kappa shape index (κ1) is 32.9. The molecule has 0 unspecified atom stereocenters. The Kier molecular flexibility index (Phi) is 10.5. The summed E-state index contributed by atoms with van der Waals surface area (Å²) in [6.45, 7) is -0.0545. The van der Waals surface area contributed by atoms with Crippen molar-refractivity contribution in [1.82, 2.24) is 19.8 Å². The van der Waals surface area contributed by atoms with Crippen molar-refractivity contribution < 1.29 is 79.6 Å². The predicted molar refractivity (Wildman–Crippen MR) is 145 cm³/mol. The molecule has 14 heteroatoms. The Bertz CT molecular complexity index is 1650. The maximum Gasteiger partial charge on any atom is 1.00 e. The molecule has 2 aromatic heterocycles. The van der Waals surface area contributed by atoms with Crippen LogP contribution >= 0.6 is 0 Å². The number of nitriles is 1. The minimum Gasteiger partial charge on any atom is -0.859 e. The summed E-state index contributed by atoms with van der Waals surface area (Å²) in [6, 6.07) is 10.0. The molecular formula is C29H27F2KN6O5. The molecule has 2 amide bonds. The van der Waals surface area contributed by atoms with Crippen LogP contribution in [0.2, 0.25) is 0 Å². The number of hydrogen-bond donors (Lipinski definition) is 2. The van der Waals surface area contributed by atoms with Gasteiger partial charge in [0.05, 0.1) is 31.3 Å². The number of nitrogens with one attached hydrogen (secondary N) is 2. The van der Waals surface area contributed by atoms with Gasteiger partial charge >= 0.3 is 51.4 Å². The number of hydrogen-bond acceptors (Lipinski definition) is 8. The second-order valence-corrected chi connectivity index (χ2v) is 10.3. The molecule has 1 aromatic carbocycles. The van der Waals surface area contributed by atoms with Gasteiger partial charge in [-0.1, -0.05) is 6.07 Å². The number of pyridine rings is 2. The van der Waals surface area contributed by atoms with Gasteiger partial charge in [-0.3, -0.25) is 14.4 Å². The quantitative estimate of drug-likeness (QED) is 0.224. The molecule has 2 aliphatic rings. The Balaban J connectivity index is 0.00000423. The van der Waals surface area contributed by atoms with Crippen molar-refractivity contribution in [2.24, 2.45) is 0 Å². The van der Waals surface area contributed by atoms with Crippen molar-refractivity contribution in [2.75, 3.05) is 38.7 Å². The van der Waals surface area contributed by atoms with Crippen LogP contribution in [0.25, 0.3) is 11.1 Å². The van der Waals surface area contributed by atoms with E-state index in [1.165, 1.54) is 30.3 Å². The number of benzene rings is 1. The number of carbonyl (C=O) groups excluding carboxylic acids is 2. The van der Waals surface area contributed by atoms with E-state index >= 15 is 0 Å². The molecule has 0 radical (unpaired) electrons. The average molecular weight is 617 g/mol. The summed E-state index contributed by atoms with van der Waals surface area (Å²) in [5, 5.41) is 27.6. The van der Waals surface area contributed by atoms with E-state index in [9.17, 15) is 33.5 Å². The van der Waals surface area contributed by atoms with Crippen LogP contribution in [0.5, 0.6) is 5.88 Å². The van der Waals surface area contributed by atoms with Gasteiger partial charge in [-0.15, -0.1) is 0 Å². The zero-order valence-electron chi connectivity index (χ0n) is 23.7. The van der Waals surface area contributed by atoms with Crippen molar-refractivity contribution in [3.63, 3.8) is 0 Å². The Morgan fingerprint density at radius 1 is 1.19 bits per heavy atom. The number of carbonyl (C=O) groups is 2.